The van der Waals surface area contributed by atoms with E-state index < -0.39 is 0 Å². The summed E-state index contributed by atoms with van der Waals surface area (Å²) in [5.41, 5.74) is 1.39. The molecule has 6 heteroatoms. The lowest BCUT2D eigenvalue weighted by Crippen LogP contribution is -2.53. The first-order valence-electron chi connectivity index (χ1n) is 11.4. The predicted octanol–water partition coefficient (Wildman–Crippen LogP) is 2.01. The third kappa shape index (κ3) is 6.43. The maximum Gasteiger partial charge on any atom is 0.191 e. The van der Waals surface area contributed by atoms with Gasteiger partial charge in [-0.15, -0.1) is 0 Å². The fraction of sp³-hybridized carbons (Fsp3) is 0.696. The second-order valence-corrected chi connectivity index (χ2v) is 8.32. The van der Waals surface area contributed by atoms with Crippen LogP contribution in [0.25, 0.3) is 0 Å². The Kier molecular flexibility index (Phi) is 8.77. The van der Waals surface area contributed by atoms with Gasteiger partial charge < -0.3 is 15.5 Å². The van der Waals surface area contributed by atoms with E-state index in [0.29, 0.717) is 12.1 Å². The average Bonchev–Trinajstić information content (AvgIpc) is 3.31. The van der Waals surface area contributed by atoms with E-state index in [1.54, 1.807) is 0 Å². The summed E-state index contributed by atoms with van der Waals surface area (Å²) in [7, 11) is 1.87. The quantitative estimate of drug-likeness (QED) is 0.516. The molecule has 0 amide bonds. The molecule has 0 bridgehead atoms. The molecular weight excluding hydrogens is 360 g/mol. The Morgan fingerprint density at radius 3 is 2.21 bits per heavy atom. The molecule has 6 nitrogen and oxygen atoms in total. The summed E-state index contributed by atoms with van der Waals surface area (Å²) in [4.78, 5) is 12.2. The number of nitrogens with one attached hydrogen (secondary N) is 2. The minimum atomic E-state index is 0.400. The molecule has 3 rings (SSSR count). The summed E-state index contributed by atoms with van der Waals surface area (Å²) in [6.07, 6.45) is 2.61. The highest BCUT2D eigenvalue weighted by Gasteiger charge is 2.24. The van der Waals surface area contributed by atoms with Crippen molar-refractivity contribution >= 4 is 5.96 Å². The number of likely N-dealkylation sites (tertiary alicyclic amines) is 1. The van der Waals surface area contributed by atoms with Gasteiger partial charge in [-0.1, -0.05) is 37.3 Å². The Morgan fingerprint density at radius 2 is 1.59 bits per heavy atom. The molecule has 2 aliphatic heterocycles. The molecule has 0 spiro atoms. The van der Waals surface area contributed by atoms with Gasteiger partial charge in [-0.3, -0.25) is 14.8 Å². The zero-order valence-electron chi connectivity index (χ0n) is 18.6. The van der Waals surface area contributed by atoms with E-state index in [9.17, 15) is 0 Å². The van der Waals surface area contributed by atoms with Crippen LogP contribution in [0.15, 0.2) is 35.3 Å². The number of piperazine rings is 1. The lowest BCUT2D eigenvalue weighted by atomic mass is 10.1. The maximum atomic E-state index is 4.47. The van der Waals surface area contributed by atoms with Gasteiger partial charge in [0, 0.05) is 52.4 Å². The summed E-state index contributed by atoms with van der Waals surface area (Å²) in [6, 6.07) is 11.8. The van der Waals surface area contributed by atoms with Crippen molar-refractivity contribution in [3.8, 4) is 0 Å². The number of nitrogens with zero attached hydrogens (tertiary/aromatic N) is 4. The second kappa shape index (κ2) is 11.5. The monoisotopic (exact) mass is 400 g/mol. The highest BCUT2D eigenvalue weighted by molar-refractivity contribution is 5.79. The van der Waals surface area contributed by atoms with Crippen LogP contribution in [-0.2, 0) is 0 Å². The zero-order valence-corrected chi connectivity index (χ0v) is 18.6. The fourth-order valence-corrected chi connectivity index (χ4v) is 4.49. The number of hydrogen-bond donors (Lipinski definition) is 2. The summed E-state index contributed by atoms with van der Waals surface area (Å²) in [5, 5.41) is 7.14. The van der Waals surface area contributed by atoms with E-state index in [2.05, 4.69) is 74.5 Å². The van der Waals surface area contributed by atoms with E-state index in [-0.39, 0.29) is 0 Å². The molecule has 2 N–H and O–H groups in total. The van der Waals surface area contributed by atoms with E-state index in [4.69, 9.17) is 0 Å². The molecule has 2 aliphatic rings. The number of benzene rings is 1. The van der Waals surface area contributed by atoms with Crippen LogP contribution in [-0.4, -0.2) is 92.7 Å². The van der Waals surface area contributed by atoms with Crippen molar-refractivity contribution in [2.75, 3.05) is 66.0 Å². The first kappa shape index (κ1) is 22.1. The van der Waals surface area contributed by atoms with Crippen molar-refractivity contribution in [1.82, 2.24) is 25.3 Å². The Hall–Kier alpha value is -1.63. The van der Waals surface area contributed by atoms with Gasteiger partial charge >= 0.3 is 0 Å². The summed E-state index contributed by atoms with van der Waals surface area (Å²) in [6.45, 7) is 14.6. The molecule has 1 aromatic rings. The van der Waals surface area contributed by atoms with Gasteiger partial charge in [-0.05, 0) is 45.0 Å². The SMILES string of the molecule is CCN1CCN(C(C)CNC(=NC)NCC(c2ccccc2)N2CCCC2)CC1. The predicted molar refractivity (Wildman–Crippen MR) is 123 cm³/mol. The largest absolute Gasteiger partial charge is 0.355 e. The molecule has 2 atom stereocenters. The van der Waals surface area contributed by atoms with Gasteiger partial charge in [-0.2, -0.15) is 0 Å². The van der Waals surface area contributed by atoms with Gasteiger partial charge in [0.2, 0.25) is 0 Å². The third-order valence-electron chi connectivity index (χ3n) is 6.49. The zero-order chi connectivity index (χ0) is 20.5. The van der Waals surface area contributed by atoms with Gasteiger partial charge in [0.05, 0.1) is 6.04 Å². The van der Waals surface area contributed by atoms with E-state index in [1.165, 1.54) is 44.6 Å². The van der Waals surface area contributed by atoms with E-state index in [1.807, 2.05) is 7.05 Å². The van der Waals surface area contributed by atoms with Crippen LogP contribution in [0.4, 0.5) is 0 Å². The lowest BCUT2D eigenvalue weighted by molar-refractivity contribution is 0.107. The normalized spacial score (nSPS) is 21.8. The standard InChI is InChI=1S/C23H40N6/c1-4-27-14-16-28(17-15-27)20(2)18-25-23(24-3)26-19-22(29-12-8-9-13-29)21-10-6-5-7-11-21/h5-7,10-11,20,22H,4,8-9,12-19H2,1-3H3,(H2,24,25,26). The number of guanidine groups is 1. The van der Waals surface area contributed by atoms with Crippen molar-refractivity contribution in [2.24, 2.45) is 4.99 Å². The number of hydrogen-bond acceptors (Lipinski definition) is 4. The second-order valence-electron chi connectivity index (χ2n) is 8.32. The minimum absolute atomic E-state index is 0.400. The van der Waals surface area contributed by atoms with Crippen LogP contribution in [0, 0.1) is 0 Å². The molecule has 162 valence electrons. The van der Waals surface area contributed by atoms with Crippen molar-refractivity contribution < 1.29 is 0 Å². The molecule has 0 aromatic heterocycles. The molecule has 0 saturated carbocycles. The summed E-state index contributed by atoms with van der Waals surface area (Å²) >= 11 is 0. The topological polar surface area (TPSA) is 46.1 Å². The Bertz CT molecular complexity index is 605. The molecule has 2 fully saturated rings. The molecule has 2 heterocycles. The highest BCUT2D eigenvalue weighted by atomic mass is 15.3. The molecule has 1 aromatic carbocycles. The van der Waals surface area contributed by atoms with Crippen molar-refractivity contribution in [3.05, 3.63) is 35.9 Å². The fourth-order valence-electron chi connectivity index (χ4n) is 4.49. The third-order valence-corrected chi connectivity index (χ3v) is 6.49. The van der Waals surface area contributed by atoms with Crippen molar-refractivity contribution in [1.29, 1.82) is 0 Å². The molecule has 2 saturated heterocycles. The van der Waals surface area contributed by atoms with Gasteiger partial charge in [0.15, 0.2) is 5.96 Å². The lowest BCUT2D eigenvalue weighted by Gasteiger charge is -2.37. The van der Waals surface area contributed by atoms with Crippen LogP contribution in [0.5, 0.6) is 0 Å². The molecule has 0 radical (unpaired) electrons. The first-order chi connectivity index (χ1) is 14.2. The van der Waals surface area contributed by atoms with Crippen molar-refractivity contribution in [3.63, 3.8) is 0 Å². The summed E-state index contributed by atoms with van der Waals surface area (Å²) in [5.74, 6) is 0.907. The molecule has 0 aliphatic carbocycles. The van der Waals surface area contributed by atoms with Crippen LogP contribution >= 0.6 is 0 Å². The summed E-state index contributed by atoms with van der Waals surface area (Å²) < 4.78 is 0. The van der Waals surface area contributed by atoms with Gasteiger partial charge in [0.25, 0.3) is 0 Å². The highest BCUT2D eigenvalue weighted by Crippen LogP contribution is 2.24. The number of likely N-dealkylation sites (N-methyl/N-ethyl adjacent to an activating group) is 1. The average molecular weight is 401 g/mol. The van der Waals surface area contributed by atoms with Crippen LogP contribution in [0.2, 0.25) is 0 Å². The minimum Gasteiger partial charge on any atom is -0.355 e. The number of rotatable bonds is 8. The number of aliphatic imine (C=N–C) groups is 1. The maximum absolute atomic E-state index is 4.47. The van der Waals surface area contributed by atoms with Crippen molar-refractivity contribution in [2.45, 2.75) is 38.8 Å². The van der Waals surface area contributed by atoms with Gasteiger partial charge in [-0.25, -0.2) is 0 Å². The first-order valence-corrected chi connectivity index (χ1v) is 11.4. The molecule has 2 unspecified atom stereocenters. The van der Waals surface area contributed by atoms with Crippen LogP contribution in [0.3, 0.4) is 0 Å². The van der Waals surface area contributed by atoms with Crippen LogP contribution in [0.1, 0.15) is 38.3 Å². The smallest absolute Gasteiger partial charge is 0.191 e. The van der Waals surface area contributed by atoms with E-state index >= 15 is 0 Å². The van der Waals surface area contributed by atoms with Crippen LogP contribution < -0.4 is 10.6 Å². The van der Waals surface area contributed by atoms with E-state index in [0.717, 1.165) is 38.7 Å². The Labute approximate surface area is 177 Å². The van der Waals surface area contributed by atoms with Gasteiger partial charge in [0.1, 0.15) is 0 Å². The Balaban J connectivity index is 1.48. The molecule has 29 heavy (non-hydrogen) atoms. The molecular formula is C23H40N6. The Morgan fingerprint density at radius 1 is 0.931 bits per heavy atom.